The van der Waals surface area contributed by atoms with E-state index in [4.69, 9.17) is 4.74 Å². The third-order valence-corrected chi connectivity index (χ3v) is 4.44. The highest BCUT2D eigenvalue weighted by molar-refractivity contribution is 5.76. The molecule has 1 fully saturated rings. The van der Waals surface area contributed by atoms with Crippen molar-refractivity contribution >= 4 is 5.91 Å². The molecule has 0 radical (unpaired) electrons. The number of carbonyl (C=O) groups is 1. The summed E-state index contributed by atoms with van der Waals surface area (Å²) >= 11 is 0. The van der Waals surface area contributed by atoms with Crippen LogP contribution in [0.25, 0.3) is 0 Å². The number of likely N-dealkylation sites (N-methyl/N-ethyl adjacent to an activating group) is 1. The van der Waals surface area contributed by atoms with Gasteiger partial charge in [-0.25, -0.2) is 0 Å². The molecule has 1 aliphatic heterocycles. The summed E-state index contributed by atoms with van der Waals surface area (Å²) in [5.74, 6) is 0.433. The number of hydrogen-bond acceptors (Lipinski definition) is 4. The van der Waals surface area contributed by atoms with Crippen molar-refractivity contribution in [1.29, 1.82) is 0 Å². The zero-order valence-electron chi connectivity index (χ0n) is 14.3. The lowest BCUT2D eigenvalue weighted by Crippen LogP contribution is -2.45. The second-order valence-electron chi connectivity index (χ2n) is 7.31. The molecule has 0 aromatic carbocycles. The van der Waals surface area contributed by atoms with Crippen LogP contribution in [0.5, 0.6) is 0 Å². The molecule has 2 atom stereocenters. The SMILES string of the molecule is CC(CC(=O)N(C)CC(O)CN1CCOCC1)C(C)(C)C. The minimum Gasteiger partial charge on any atom is -0.390 e. The molecule has 21 heavy (non-hydrogen) atoms. The second kappa shape index (κ2) is 8.11. The van der Waals surface area contributed by atoms with Crippen molar-refractivity contribution in [1.82, 2.24) is 9.80 Å². The van der Waals surface area contributed by atoms with E-state index in [0.29, 0.717) is 25.4 Å². The molecule has 1 rings (SSSR count). The third-order valence-electron chi connectivity index (χ3n) is 4.44. The molecule has 0 aromatic rings. The van der Waals surface area contributed by atoms with E-state index in [2.05, 4.69) is 32.6 Å². The van der Waals surface area contributed by atoms with Crippen LogP contribution in [0.1, 0.15) is 34.1 Å². The zero-order valence-corrected chi connectivity index (χ0v) is 14.3. The number of amides is 1. The maximum absolute atomic E-state index is 12.2. The number of aliphatic hydroxyl groups is 1. The molecule has 0 bridgehead atoms. The van der Waals surface area contributed by atoms with Crippen molar-refractivity contribution in [3.05, 3.63) is 0 Å². The Hall–Kier alpha value is -0.650. The Bertz CT molecular complexity index is 322. The molecule has 1 saturated heterocycles. The molecular formula is C16H32N2O3. The molecule has 0 spiro atoms. The van der Waals surface area contributed by atoms with Crippen LogP contribution in [-0.2, 0) is 9.53 Å². The van der Waals surface area contributed by atoms with Crippen LogP contribution in [0.3, 0.4) is 0 Å². The van der Waals surface area contributed by atoms with Gasteiger partial charge in [0.25, 0.3) is 0 Å². The monoisotopic (exact) mass is 300 g/mol. The number of carbonyl (C=O) groups excluding carboxylic acids is 1. The minimum absolute atomic E-state index is 0.110. The number of ether oxygens (including phenoxy) is 1. The van der Waals surface area contributed by atoms with Crippen LogP contribution in [0.4, 0.5) is 0 Å². The summed E-state index contributed by atoms with van der Waals surface area (Å²) in [7, 11) is 1.78. The maximum atomic E-state index is 12.2. The van der Waals surface area contributed by atoms with E-state index in [1.54, 1.807) is 11.9 Å². The lowest BCUT2D eigenvalue weighted by atomic mass is 9.80. The molecule has 1 heterocycles. The lowest BCUT2D eigenvalue weighted by Gasteiger charge is -2.31. The van der Waals surface area contributed by atoms with Crippen LogP contribution in [0.15, 0.2) is 0 Å². The number of hydrogen-bond donors (Lipinski definition) is 1. The highest BCUT2D eigenvalue weighted by atomic mass is 16.5. The average molecular weight is 300 g/mol. The van der Waals surface area contributed by atoms with Gasteiger partial charge in [0.2, 0.25) is 5.91 Å². The summed E-state index contributed by atoms with van der Waals surface area (Å²) in [6.07, 6.45) is 0.0339. The summed E-state index contributed by atoms with van der Waals surface area (Å²) < 4.78 is 5.29. The third kappa shape index (κ3) is 6.76. The van der Waals surface area contributed by atoms with Gasteiger partial charge in [0.15, 0.2) is 0 Å². The normalized spacial score (nSPS) is 20.1. The van der Waals surface area contributed by atoms with E-state index in [0.717, 1.165) is 26.3 Å². The van der Waals surface area contributed by atoms with Gasteiger partial charge >= 0.3 is 0 Å². The predicted octanol–water partition coefficient (Wildman–Crippen LogP) is 1.21. The Morgan fingerprint density at radius 1 is 1.33 bits per heavy atom. The van der Waals surface area contributed by atoms with E-state index in [-0.39, 0.29) is 11.3 Å². The van der Waals surface area contributed by atoms with E-state index >= 15 is 0 Å². The molecule has 0 saturated carbocycles. The van der Waals surface area contributed by atoms with Crippen LogP contribution >= 0.6 is 0 Å². The Balaban J connectivity index is 2.33. The zero-order chi connectivity index (χ0) is 16.0. The largest absolute Gasteiger partial charge is 0.390 e. The van der Waals surface area contributed by atoms with Crippen LogP contribution in [0, 0.1) is 11.3 Å². The van der Waals surface area contributed by atoms with Crippen molar-refractivity contribution in [2.45, 2.75) is 40.2 Å². The summed E-state index contributed by atoms with van der Waals surface area (Å²) in [5, 5.41) is 10.1. The molecule has 2 unspecified atom stereocenters. The standard InChI is InChI=1S/C16H32N2O3/c1-13(16(2,3)4)10-15(20)17(5)11-14(19)12-18-6-8-21-9-7-18/h13-14,19H,6-12H2,1-5H3. The Kier molecular flexibility index (Phi) is 7.10. The minimum atomic E-state index is -0.498. The fraction of sp³-hybridized carbons (Fsp3) is 0.938. The van der Waals surface area contributed by atoms with E-state index in [9.17, 15) is 9.90 Å². The molecule has 1 aliphatic rings. The number of aliphatic hydroxyl groups excluding tert-OH is 1. The Morgan fingerprint density at radius 2 is 1.90 bits per heavy atom. The van der Waals surface area contributed by atoms with E-state index < -0.39 is 6.10 Å². The van der Waals surface area contributed by atoms with E-state index in [1.807, 2.05) is 0 Å². The van der Waals surface area contributed by atoms with Gasteiger partial charge in [-0.3, -0.25) is 9.69 Å². The average Bonchev–Trinajstić information content (AvgIpc) is 2.38. The summed E-state index contributed by atoms with van der Waals surface area (Å²) in [4.78, 5) is 16.1. The van der Waals surface area contributed by atoms with Crippen molar-refractivity contribution in [2.24, 2.45) is 11.3 Å². The van der Waals surface area contributed by atoms with Crippen molar-refractivity contribution < 1.29 is 14.6 Å². The van der Waals surface area contributed by atoms with Crippen molar-refractivity contribution in [3.8, 4) is 0 Å². The molecule has 0 aliphatic carbocycles. The molecule has 124 valence electrons. The first kappa shape index (κ1) is 18.4. The Morgan fingerprint density at radius 3 is 2.43 bits per heavy atom. The van der Waals surface area contributed by atoms with Crippen LogP contribution in [-0.4, -0.2) is 73.4 Å². The first-order chi connectivity index (χ1) is 9.70. The van der Waals surface area contributed by atoms with Crippen molar-refractivity contribution in [2.75, 3.05) is 46.4 Å². The van der Waals surface area contributed by atoms with Gasteiger partial charge < -0.3 is 14.7 Å². The fourth-order valence-corrected chi connectivity index (χ4v) is 2.28. The lowest BCUT2D eigenvalue weighted by molar-refractivity contribution is -0.133. The highest BCUT2D eigenvalue weighted by Crippen LogP contribution is 2.28. The van der Waals surface area contributed by atoms with Gasteiger partial charge in [-0.2, -0.15) is 0 Å². The molecule has 0 aromatic heterocycles. The van der Waals surface area contributed by atoms with Gasteiger partial charge in [-0.15, -0.1) is 0 Å². The summed E-state index contributed by atoms with van der Waals surface area (Å²) in [5.41, 5.74) is 0.128. The molecule has 5 nitrogen and oxygen atoms in total. The molecular weight excluding hydrogens is 268 g/mol. The van der Waals surface area contributed by atoms with Crippen LogP contribution in [0.2, 0.25) is 0 Å². The predicted molar refractivity (Wildman–Crippen MR) is 84.1 cm³/mol. The molecule has 1 amide bonds. The number of rotatable bonds is 6. The first-order valence-corrected chi connectivity index (χ1v) is 7.92. The van der Waals surface area contributed by atoms with Crippen molar-refractivity contribution in [3.63, 3.8) is 0 Å². The van der Waals surface area contributed by atoms with Gasteiger partial charge in [0.05, 0.1) is 19.3 Å². The quantitative estimate of drug-likeness (QED) is 0.801. The number of β-amino-alcohol motifs (C(OH)–C–C–N with tert-alkyl or cyclic N) is 1. The molecule has 5 heteroatoms. The topological polar surface area (TPSA) is 53.0 Å². The molecule has 1 N–H and O–H groups in total. The Labute approximate surface area is 129 Å². The highest BCUT2D eigenvalue weighted by Gasteiger charge is 2.25. The van der Waals surface area contributed by atoms with Gasteiger partial charge in [-0.1, -0.05) is 27.7 Å². The fourth-order valence-electron chi connectivity index (χ4n) is 2.28. The van der Waals surface area contributed by atoms with E-state index in [1.165, 1.54) is 0 Å². The first-order valence-electron chi connectivity index (χ1n) is 7.92. The summed E-state index contributed by atoms with van der Waals surface area (Å²) in [6, 6.07) is 0. The second-order valence-corrected chi connectivity index (χ2v) is 7.31. The smallest absolute Gasteiger partial charge is 0.222 e. The summed E-state index contributed by atoms with van der Waals surface area (Å²) in [6.45, 7) is 12.7. The van der Waals surface area contributed by atoms with Gasteiger partial charge in [0.1, 0.15) is 0 Å². The van der Waals surface area contributed by atoms with Gasteiger partial charge in [0, 0.05) is 39.6 Å². The number of nitrogens with zero attached hydrogens (tertiary/aromatic N) is 2. The maximum Gasteiger partial charge on any atom is 0.222 e. The number of morpholine rings is 1. The van der Waals surface area contributed by atoms with Gasteiger partial charge in [-0.05, 0) is 11.3 Å². The van der Waals surface area contributed by atoms with Crippen LogP contribution < -0.4 is 0 Å².